The van der Waals surface area contributed by atoms with Gasteiger partial charge in [0.15, 0.2) is 0 Å². The van der Waals surface area contributed by atoms with E-state index in [1.807, 2.05) is 12.1 Å². The van der Waals surface area contributed by atoms with Gasteiger partial charge in [-0.25, -0.2) is 0 Å². The molecule has 2 unspecified atom stereocenters. The SMILES string of the molecule is CC(c1cccc(Cl)c1)N(C)CCCC1CCCCN1. The van der Waals surface area contributed by atoms with Crippen LogP contribution in [0.5, 0.6) is 0 Å². The van der Waals surface area contributed by atoms with Crippen LogP contribution in [0.3, 0.4) is 0 Å². The van der Waals surface area contributed by atoms with E-state index in [9.17, 15) is 0 Å². The van der Waals surface area contributed by atoms with Crippen LogP contribution >= 0.6 is 11.6 Å². The van der Waals surface area contributed by atoms with Gasteiger partial charge in [0.25, 0.3) is 0 Å². The van der Waals surface area contributed by atoms with E-state index in [2.05, 4.69) is 36.3 Å². The van der Waals surface area contributed by atoms with Crippen LogP contribution in [0.2, 0.25) is 5.02 Å². The Balaban J connectivity index is 1.74. The minimum atomic E-state index is 0.424. The predicted octanol–water partition coefficient (Wildman–Crippen LogP) is 4.26. The molecular weight excluding hydrogens is 268 g/mol. The molecule has 112 valence electrons. The second kappa shape index (κ2) is 8.02. The highest BCUT2D eigenvalue weighted by Crippen LogP contribution is 2.22. The van der Waals surface area contributed by atoms with Gasteiger partial charge in [-0.2, -0.15) is 0 Å². The molecule has 0 aliphatic carbocycles. The highest BCUT2D eigenvalue weighted by Gasteiger charge is 2.14. The van der Waals surface area contributed by atoms with Crippen molar-refractivity contribution >= 4 is 11.6 Å². The molecule has 0 amide bonds. The molecule has 3 heteroatoms. The van der Waals surface area contributed by atoms with Crippen molar-refractivity contribution in [1.82, 2.24) is 10.2 Å². The first-order valence-corrected chi connectivity index (χ1v) is 8.23. The van der Waals surface area contributed by atoms with Gasteiger partial charge < -0.3 is 5.32 Å². The lowest BCUT2D eigenvalue weighted by atomic mass is 10.00. The molecule has 0 saturated carbocycles. The predicted molar refractivity (Wildman–Crippen MR) is 87.4 cm³/mol. The molecule has 1 heterocycles. The molecule has 1 aliphatic rings. The van der Waals surface area contributed by atoms with Gasteiger partial charge in [-0.15, -0.1) is 0 Å². The third-order valence-corrected chi connectivity index (χ3v) is 4.70. The fraction of sp³-hybridized carbons (Fsp3) is 0.647. The number of piperidine rings is 1. The Morgan fingerprint density at radius 1 is 1.40 bits per heavy atom. The molecular formula is C17H27ClN2. The average Bonchev–Trinajstić information content (AvgIpc) is 2.47. The van der Waals surface area contributed by atoms with Gasteiger partial charge in [0, 0.05) is 17.1 Å². The lowest BCUT2D eigenvalue weighted by molar-refractivity contribution is 0.247. The molecule has 0 spiro atoms. The quantitative estimate of drug-likeness (QED) is 0.843. The Hall–Kier alpha value is -0.570. The van der Waals surface area contributed by atoms with Crippen molar-refractivity contribution in [3.63, 3.8) is 0 Å². The third kappa shape index (κ3) is 4.76. The van der Waals surface area contributed by atoms with E-state index in [4.69, 9.17) is 11.6 Å². The summed E-state index contributed by atoms with van der Waals surface area (Å²) < 4.78 is 0. The summed E-state index contributed by atoms with van der Waals surface area (Å²) in [6.45, 7) is 4.61. The van der Waals surface area contributed by atoms with Crippen LogP contribution in [-0.2, 0) is 0 Å². The van der Waals surface area contributed by atoms with E-state index in [-0.39, 0.29) is 0 Å². The Morgan fingerprint density at radius 2 is 2.25 bits per heavy atom. The van der Waals surface area contributed by atoms with Crippen LogP contribution < -0.4 is 5.32 Å². The average molecular weight is 295 g/mol. The first-order chi connectivity index (χ1) is 9.66. The van der Waals surface area contributed by atoms with E-state index in [1.165, 1.54) is 44.2 Å². The van der Waals surface area contributed by atoms with Gasteiger partial charge in [0.2, 0.25) is 0 Å². The summed E-state index contributed by atoms with van der Waals surface area (Å²) >= 11 is 6.07. The zero-order chi connectivity index (χ0) is 14.4. The van der Waals surface area contributed by atoms with Gasteiger partial charge in [0.05, 0.1) is 0 Å². The molecule has 1 aromatic rings. The van der Waals surface area contributed by atoms with Gasteiger partial charge in [-0.1, -0.05) is 30.2 Å². The summed E-state index contributed by atoms with van der Waals surface area (Å²) in [7, 11) is 2.21. The molecule has 20 heavy (non-hydrogen) atoms. The van der Waals surface area contributed by atoms with E-state index >= 15 is 0 Å². The maximum absolute atomic E-state index is 6.07. The number of benzene rings is 1. The summed E-state index contributed by atoms with van der Waals surface area (Å²) in [5, 5.41) is 4.45. The van der Waals surface area contributed by atoms with Crippen LogP contribution in [0, 0.1) is 0 Å². The highest BCUT2D eigenvalue weighted by molar-refractivity contribution is 6.30. The number of nitrogens with one attached hydrogen (secondary N) is 1. The molecule has 0 bridgehead atoms. The molecule has 1 saturated heterocycles. The summed E-state index contributed by atoms with van der Waals surface area (Å²) in [5.74, 6) is 0. The summed E-state index contributed by atoms with van der Waals surface area (Å²) in [6, 6.07) is 9.38. The molecule has 2 rings (SSSR count). The van der Waals surface area contributed by atoms with Gasteiger partial charge in [-0.3, -0.25) is 4.90 Å². The van der Waals surface area contributed by atoms with Gasteiger partial charge >= 0.3 is 0 Å². The number of halogens is 1. The number of nitrogens with zero attached hydrogens (tertiary/aromatic N) is 1. The van der Waals surface area contributed by atoms with Crippen molar-refractivity contribution in [2.45, 2.75) is 51.1 Å². The van der Waals surface area contributed by atoms with Gasteiger partial charge in [-0.05, 0) is 70.4 Å². The molecule has 2 nitrogen and oxygen atoms in total. The van der Waals surface area contributed by atoms with Crippen molar-refractivity contribution in [1.29, 1.82) is 0 Å². The minimum Gasteiger partial charge on any atom is -0.314 e. The summed E-state index contributed by atoms with van der Waals surface area (Å²) in [6.07, 6.45) is 6.66. The van der Waals surface area contributed by atoms with Crippen molar-refractivity contribution < 1.29 is 0 Å². The Kier molecular flexibility index (Phi) is 6.34. The second-order valence-electron chi connectivity index (χ2n) is 6.00. The van der Waals surface area contributed by atoms with Crippen molar-refractivity contribution in [2.75, 3.05) is 20.1 Å². The molecule has 1 aliphatic heterocycles. The molecule has 0 aromatic heterocycles. The lowest BCUT2D eigenvalue weighted by Crippen LogP contribution is -2.34. The van der Waals surface area contributed by atoms with Crippen LogP contribution in [0.1, 0.15) is 50.6 Å². The van der Waals surface area contributed by atoms with Crippen molar-refractivity contribution in [3.8, 4) is 0 Å². The van der Waals surface area contributed by atoms with Crippen molar-refractivity contribution in [2.24, 2.45) is 0 Å². The van der Waals surface area contributed by atoms with E-state index in [1.54, 1.807) is 0 Å². The first kappa shape index (κ1) is 15.8. The summed E-state index contributed by atoms with van der Waals surface area (Å²) in [5.41, 5.74) is 1.30. The van der Waals surface area contributed by atoms with Crippen molar-refractivity contribution in [3.05, 3.63) is 34.9 Å². The van der Waals surface area contributed by atoms with E-state index in [0.29, 0.717) is 6.04 Å². The smallest absolute Gasteiger partial charge is 0.0409 e. The van der Waals surface area contributed by atoms with Crippen LogP contribution in [0.25, 0.3) is 0 Å². The molecule has 1 N–H and O–H groups in total. The largest absolute Gasteiger partial charge is 0.314 e. The van der Waals surface area contributed by atoms with Gasteiger partial charge in [0.1, 0.15) is 0 Å². The topological polar surface area (TPSA) is 15.3 Å². The van der Waals surface area contributed by atoms with Crippen LogP contribution in [0.15, 0.2) is 24.3 Å². The first-order valence-electron chi connectivity index (χ1n) is 7.86. The second-order valence-corrected chi connectivity index (χ2v) is 6.44. The van der Waals surface area contributed by atoms with Crippen LogP contribution in [0.4, 0.5) is 0 Å². The third-order valence-electron chi connectivity index (χ3n) is 4.47. The number of hydrogen-bond donors (Lipinski definition) is 1. The Morgan fingerprint density at radius 3 is 2.95 bits per heavy atom. The summed E-state index contributed by atoms with van der Waals surface area (Å²) in [4.78, 5) is 2.43. The fourth-order valence-electron chi connectivity index (χ4n) is 2.97. The zero-order valence-electron chi connectivity index (χ0n) is 12.7. The standard InChI is InChI=1S/C17H27ClN2/c1-14(15-7-5-8-16(18)13-15)20(2)12-6-10-17-9-3-4-11-19-17/h5,7-8,13-14,17,19H,3-4,6,9-12H2,1-2H3. The Labute approximate surface area is 128 Å². The van der Waals surface area contributed by atoms with E-state index < -0.39 is 0 Å². The molecule has 2 atom stereocenters. The van der Waals surface area contributed by atoms with E-state index in [0.717, 1.165) is 17.6 Å². The fourth-order valence-corrected chi connectivity index (χ4v) is 3.17. The maximum Gasteiger partial charge on any atom is 0.0409 e. The Bertz CT molecular complexity index is 402. The normalized spacial score (nSPS) is 21.1. The zero-order valence-corrected chi connectivity index (χ0v) is 13.5. The molecule has 1 aromatic carbocycles. The molecule has 0 radical (unpaired) electrons. The number of rotatable bonds is 6. The highest BCUT2D eigenvalue weighted by atomic mass is 35.5. The van der Waals surface area contributed by atoms with Crippen LogP contribution in [-0.4, -0.2) is 31.1 Å². The number of hydrogen-bond acceptors (Lipinski definition) is 2. The maximum atomic E-state index is 6.07. The lowest BCUT2D eigenvalue weighted by Gasteiger charge is -2.27. The monoisotopic (exact) mass is 294 g/mol. The minimum absolute atomic E-state index is 0.424. The molecule has 1 fully saturated rings.